The van der Waals surface area contributed by atoms with Crippen molar-refractivity contribution >= 4 is 23.6 Å². The van der Waals surface area contributed by atoms with Gasteiger partial charge >= 0.3 is 6.09 Å². The van der Waals surface area contributed by atoms with Crippen molar-refractivity contribution in [1.82, 2.24) is 5.43 Å². The predicted octanol–water partition coefficient (Wildman–Crippen LogP) is 2.14. The van der Waals surface area contributed by atoms with Crippen molar-refractivity contribution in [2.24, 2.45) is 5.10 Å². The second kappa shape index (κ2) is 5.39. The third-order valence-electron chi connectivity index (χ3n) is 1.51. The van der Waals surface area contributed by atoms with Gasteiger partial charge in [0, 0.05) is 4.88 Å². The van der Waals surface area contributed by atoms with Crippen LogP contribution in [0.2, 0.25) is 0 Å². The molecule has 1 heterocycles. The highest BCUT2D eigenvalue weighted by molar-refractivity contribution is 7.11. The van der Waals surface area contributed by atoms with E-state index >= 15 is 0 Å². The van der Waals surface area contributed by atoms with Gasteiger partial charge in [-0.05, 0) is 30.9 Å². The Bertz CT molecular complexity index is 333. The number of rotatable bonds is 3. The molecule has 0 aromatic carbocycles. The van der Waals surface area contributed by atoms with E-state index in [1.54, 1.807) is 24.5 Å². The van der Waals surface area contributed by atoms with Crippen molar-refractivity contribution in [3.63, 3.8) is 0 Å². The maximum Gasteiger partial charge on any atom is 0.427 e. The van der Waals surface area contributed by atoms with Crippen molar-refractivity contribution in [3.8, 4) is 0 Å². The summed E-state index contributed by atoms with van der Waals surface area (Å²) in [5.41, 5.74) is 3.41. The van der Waals surface area contributed by atoms with Gasteiger partial charge in [-0.2, -0.15) is 5.10 Å². The Kier molecular flexibility index (Phi) is 4.12. The first-order valence-electron chi connectivity index (χ1n) is 4.24. The molecule has 1 aromatic rings. The van der Waals surface area contributed by atoms with Crippen molar-refractivity contribution in [1.29, 1.82) is 0 Å². The van der Waals surface area contributed by atoms with E-state index in [1.165, 1.54) is 0 Å². The topological polar surface area (TPSA) is 50.7 Å². The molecular weight excluding hydrogens is 200 g/mol. The van der Waals surface area contributed by atoms with E-state index in [0.29, 0.717) is 6.61 Å². The lowest BCUT2D eigenvalue weighted by molar-refractivity contribution is 0.152. The summed E-state index contributed by atoms with van der Waals surface area (Å²) in [5, 5.41) is 5.73. The molecule has 76 valence electrons. The van der Waals surface area contributed by atoms with Gasteiger partial charge in [0.1, 0.15) is 0 Å². The Morgan fingerprint density at radius 2 is 2.57 bits per heavy atom. The van der Waals surface area contributed by atoms with Gasteiger partial charge in [-0.1, -0.05) is 0 Å². The first-order chi connectivity index (χ1) is 6.74. The van der Waals surface area contributed by atoms with Crippen LogP contribution in [0.4, 0.5) is 4.79 Å². The van der Waals surface area contributed by atoms with Gasteiger partial charge in [0.25, 0.3) is 0 Å². The second-order valence-electron chi connectivity index (χ2n) is 2.56. The standard InChI is InChI=1S/C9H12N2O2S/c1-3-13-9(12)11-10-6-8-7(2)4-5-14-8/h4-6H,3H2,1-2H3,(H,11,12)/b10-6+. The maximum absolute atomic E-state index is 10.8. The van der Waals surface area contributed by atoms with Crippen LogP contribution in [0.3, 0.4) is 0 Å². The molecule has 0 saturated carbocycles. The zero-order chi connectivity index (χ0) is 10.4. The number of carbonyl (C=O) groups is 1. The minimum absolute atomic E-state index is 0.347. The lowest BCUT2D eigenvalue weighted by Crippen LogP contribution is -2.18. The van der Waals surface area contributed by atoms with Gasteiger partial charge in [-0.3, -0.25) is 0 Å². The Hall–Kier alpha value is -1.36. The minimum atomic E-state index is -0.530. The molecule has 0 spiro atoms. The van der Waals surface area contributed by atoms with E-state index in [-0.39, 0.29) is 0 Å². The number of nitrogens with one attached hydrogen (secondary N) is 1. The Morgan fingerprint density at radius 3 is 3.14 bits per heavy atom. The molecule has 1 amide bonds. The lowest BCUT2D eigenvalue weighted by atomic mass is 10.3. The summed E-state index contributed by atoms with van der Waals surface area (Å²) >= 11 is 1.57. The number of nitrogens with zero attached hydrogens (tertiary/aromatic N) is 1. The molecule has 0 aliphatic carbocycles. The number of hydrazone groups is 1. The number of carbonyl (C=O) groups excluding carboxylic acids is 1. The molecule has 0 fully saturated rings. The summed E-state index contributed by atoms with van der Waals surface area (Å²) in [4.78, 5) is 11.8. The number of thiophene rings is 1. The molecule has 1 aromatic heterocycles. The highest BCUT2D eigenvalue weighted by Gasteiger charge is 1.97. The Labute approximate surface area is 86.6 Å². The van der Waals surface area contributed by atoms with Gasteiger partial charge < -0.3 is 4.74 Å². The van der Waals surface area contributed by atoms with Crippen molar-refractivity contribution in [2.45, 2.75) is 13.8 Å². The van der Waals surface area contributed by atoms with Crippen LogP contribution in [0, 0.1) is 6.92 Å². The summed E-state index contributed by atoms with van der Waals surface area (Å²) < 4.78 is 4.63. The molecule has 1 rings (SSSR count). The Morgan fingerprint density at radius 1 is 1.79 bits per heavy atom. The number of ether oxygens (including phenoxy) is 1. The highest BCUT2D eigenvalue weighted by atomic mass is 32.1. The summed E-state index contributed by atoms with van der Waals surface area (Å²) in [6.07, 6.45) is 1.08. The summed E-state index contributed by atoms with van der Waals surface area (Å²) in [6, 6.07) is 2.00. The average Bonchev–Trinajstić information content (AvgIpc) is 2.52. The molecule has 0 atom stereocenters. The highest BCUT2D eigenvalue weighted by Crippen LogP contribution is 2.12. The third kappa shape index (κ3) is 3.18. The monoisotopic (exact) mass is 212 g/mol. The molecule has 5 heteroatoms. The summed E-state index contributed by atoms with van der Waals surface area (Å²) in [7, 11) is 0. The first kappa shape index (κ1) is 10.7. The lowest BCUT2D eigenvalue weighted by Gasteiger charge is -1.97. The Balaban J connectivity index is 2.42. The second-order valence-corrected chi connectivity index (χ2v) is 3.51. The van der Waals surface area contributed by atoms with Crippen molar-refractivity contribution in [3.05, 3.63) is 21.9 Å². The van der Waals surface area contributed by atoms with Crippen LogP contribution in [-0.4, -0.2) is 18.9 Å². The number of hydrogen-bond acceptors (Lipinski definition) is 4. The smallest absolute Gasteiger partial charge is 0.427 e. The first-order valence-corrected chi connectivity index (χ1v) is 5.12. The number of amides is 1. The molecule has 14 heavy (non-hydrogen) atoms. The van der Waals surface area contributed by atoms with E-state index < -0.39 is 6.09 Å². The molecular formula is C9H12N2O2S. The zero-order valence-electron chi connectivity index (χ0n) is 8.11. The van der Waals surface area contributed by atoms with Crippen LogP contribution in [0.25, 0.3) is 0 Å². The molecule has 0 radical (unpaired) electrons. The molecule has 0 aliphatic rings. The molecule has 4 nitrogen and oxygen atoms in total. The fraction of sp³-hybridized carbons (Fsp3) is 0.333. The van der Waals surface area contributed by atoms with Crippen LogP contribution >= 0.6 is 11.3 Å². The van der Waals surface area contributed by atoms with Crippen molar-refractivity contribution < 1.29 is 9.53 Å². The molecule has 0 saturated heterocycles. The zero-order valence-corrected chi connectivity index (χ0v) is 8.93. The molecule has 1 N–H and O–H groups in total. The normalized spacial score (nSPS) is 10.4. The third-order valence-corrected chi connectivity index (χ3v) is 2.47. The predicted molar refractivity (Wildman–Crippen MR) is 56.8 cm³/mol. The minimum Gasteiger partial charge on any atom is -0.449 e. The molecule has 0 aliphatic heterocycles. The number of hydrogen-bond donors (Lipinski definition) is 1. The van der Waals surface area contributed by atoms with Gasteiger partial charge in [0.05, 0.1) is 12.8 Å². The molecule has 0 unspecified atom stereocenters. The largest absolute Gasteiger partial charge is 0.449 e. The summed E-state index contributed by atoms with van der Waals surface area (Å²) in [6.45, 7) is 4.08. The average molecular weight is 212 g/mol. The maximum atomic E-state index is 10.8. The van der Waals surface area contributed by atoms with Gasteiger partial charge in [0.15, 0.2) is 0 Å². The SMILES string of the molecule is CCOC(=O)N/N=C/c1sccc1C. The number of aryl methyl sites for hydroxylation is 1. The van der Waals surface area contributed by atoms with E-state index in [9.17, 15) is 4.79 Å². The van der Waals surface area contributed by atoms with Crippen LogP contribution in [-0.2, 0) is 4.74 Å². The summed E-state index contributed by atoms with van der Waals surface area (Å²) in [5.74, 6) is 0. The van der Waals surface area contributed by atoms with E-state index in [2.05, 4.69) is 15.3 Å². The van der Waals surface area contributed by atoms with E-state index in [0.717, 1.165) is 10.4 Å². The van der Waals surface area contributed by atoms with Crippen LogP contribution in [0.1, 0.15) is 17.4 Å². The van der Waals surface area contributed by atoms with Gasteiger partial charge in [0.2, 0.25) is 0 Å². The van der Waals surface area contributed by atoms with Gasteiger partial charge in [-0.15, -0.1) is 11.3 Å². The fourth-order valence-electron chi connectivity index (χ4n) is 0.824. The van der Waals surface area contributed by atoms with Crippen LogP contribution in [0.5, 0.6) is 0 Å². The van der Waals surface area contributed by atoms with Crippen LogP contribution < -0.4 is 5.43 Å². The molecule has 0 bridgehead atoms. The van der Waals surface area contributed by atoms with Gasteiger partial charge in [-0.25, -0.2) is 10.2 Å². The van der Waals surface area contributed by atoms with Crippen LogP contribution in [0.15, 0.2) is 16.5 Å². The fourth-order valence-corrected chi connectivity index (χ4v) is 1.61. The van der Waals surface area contributed by atoms with E-state index in [4.69, 9.17) is 0 Å². The quantitative estimate of drug-likeness (QED) is 0.616. The van der Waals surface area contributed by atoms with E-state index in [1.807, 2.05) is 18.4 Å². The van der Waals surface area contributed by atoms with Crippen molar-refractivity contribution in [2.75, 3.05) is 6.61 Å².